The van der Waals surface area contributed by atoms with Gasteiger partial charge in [-0.2, -0.15) is 0 Å². The fraction of sp³-hybridized carbons (Fsp3) is 0.182. The van der Waals surface area contributed by atoms with E-state index in [1.807, 2.05) is 0 Å². The highest BCUT2D eigenvalue weighted by atomic mass is 79.9. The summed E-state index contributed by atoms with van der Waals surface area (Å²) < 4.78 is 5.95. The quantitative estimate of drug-likeness (QED) is 0.858. The molecule has 1 unspecified atom stereocenters. The maximum atomic E-state index is 10.9. The zero-order chi connectivity index (χ0) is 11.4. The lowest BCUT2D eigenvalue weighted by Crippen LogP contribution is -2.11. The molecule has 0 saturated carbocycles. The number of halogens is 1. The Labute approximate surface area is 96.2 Å². The van der Waals surface area contributed by atoms with Crippen molar-refractivity contribution < 1.29 is 14.6 Å². The summed E-state index contributed by atoms with van der Waals surface area (Å²) in [6.07, 6.45) is 4.69. The van der Waals surface area contributed by atoms with Crippen LogP contribution < -0.4 is 4.74 Å². The second-order valence-electron chi connectivity index (χ2n) is 2.87. The zero-order valence-corrected chi connectivity index (χ0v) is 9.61. The molecule has 0 aliphatic rings. The molecule has 1 N–H and O–H groups in total. The fourth-order valence-corrected chi connectivity index (χ4v) is 1.36. The van der Waals surface area contributed by atoms with Crippen molar-refractivity contribution in [3.63, 3.8) is 0 Å². The van der Waals surface area contributed by atoms with Crippen molar-refractivity contribution >= 4 is 21.9 Å². The molecule has 0 heterocycles. The van der Waals surface area contributed by atoms with Gasteiger partial charge in [0.2, 0.25) is 0 Å². The van der Waals surface area contributed by atoms with Crippen LogP contribution in [0.1, 0.15) is 17.3 Å². The van der Waals surface area contributed by atoms with Gasteiger partial charge in [0, 0.05) is 4.47 Å². The van der Waals surface area contributed by atoms with Gasteiger partial charge in [0.25, 0.3) is 0 Å². The lowest BCUT2D eigenvalue weighted by molar-refractivity contribution is 0.0691. The number of carboxylic acid groups (broad SMARTS) is 1. The maximum absolute atomic E-state index is 10.9. The molecule has 0 radical (unpaired) electrons. The summed E-state index contributed by atoms with van der Waals surface area (Å²) in [5, 5.41) is 8.92. The third-order valence-corrected chi connectivity index (χ3v) is 2.20. The molecule has 0 bridgehead atoms. The summed E-state index contributed by atoms with van der Waals surface area (Å²) in [4.78, 5) is 10.9. The van der Waals surface area contributed by atoms with Crippen LogP contribution in [0.4, 0.5) is 0 Å². The molecule has 0 spiro atoms. The monoisotopic (exact) mass is 268 g/mol. The van der Waals surface area contributed by atoms with Gasteiger partial charge in [0.1, 0.15) is 11.3 Å². The predicted molar refractivity (Wildman–Crippen MR) is 60.0 cm³/mol. The zero-order valence-electron chi connectivity index (χ0n) is 8.03. The molecule has 1 aromatic carbocycles. The predicted octanol–water partition coefficient (Wildman–Crippen LogP) is 2.55. The highest BCUT2D eigenvalue weighted by Gasteiger charge is 2.13. The Kier molecular flexibility index (Phi) is 3.75. The van der Waals surface area contributed by atoms with E-state index >= 15 is 0 Å². The first-order valence-corrected chi connectivity index (χ1v) is 4.99. The van der Waals surface area contributed by atoms with Crippen molar-refractivity contribution in [3.8, 4) is 18.1 Å². The molecular formula is C11H9BrO3. The second-order valence-corrected chi connectivity index (χ2v) is 3.79. The molecule has 78 valence electrons. The van der Waals surface area contributed by atoms with E-state index in [1.165, 1.54) is 6.07 Å². The van der Waals surface area contributed by atoms with Gasteiger partial charge in [0.05, 0.1) is 0 Å². The van der Waals surface area contributed by atoms with Gasteiger partial charge in [-0.25, -0.2) is 4.79 Å². The van der Waals surface area contributed by atoms with E-state index in [-0.39, 0.29) is 11.3 Å². The second kappa shape index (κ2) is 4.85. The molecule has 1 rings (SSSR count). The fourth-order valence-electron chi connectivity index (χ4n) is 0.997. The van der Waals surface area contributed by atoms with Crippen LogP contribution in [0.25, 0.3) is 0 Å². The number of ether oxygens (including phenoxy) is 1. The molecule has 15 heavy (non-hydrogen) atoms. The molecule has 0 aliphatic carbocycles. The van der Waals surface area contributed by atoms with E-state index in [9.17, 15) is 4.79 Å². The average Bonchev–Trinajstić information content (AvgIpc) is 2.20. The van der Waals surface area contributed by atoms with E-state index in [0.717, 1.165) is 0 Å². The van der Waals surface area contributed by atoms with Crippen LogP contribution in [0, 0.1) is 12.3 Å². The molecule has 3 nitrogen and oxygen atoms in total. The van der Waals surface area contributed by atoms with Crippen LogP contribution in [0.15, 0.2) is 22.7 Å². The number of hydrogen-bond acceptors (Lipinski definition) is 2. The topological polar surface area (TPSA) is 46.5 Å². The van der Waals surface area contributed by atoms with Crippen molar-refractivity contribution in [3.05, 3.63) is 28.2 Å². The van der Waals surface area contributed by atoms with E-state index in [1.54, 1.807) is 19.1 Å². The van der Waals surface area contributed by atoms with Gasteiger partial charge in [-0.1, -0.05) is 21.9 Å². The maximum Gasteiger partial charge on any atom is 0.339 e. The van der Waals surface area contributed by atoms with Crippen molar-refractivity contribution in [1.29, 1.82) is 0 Å². The molecule has 1 atom stereocenters. The molecule has 0 fully saturated rings. The number of aromatic carboxylic acids is 1. The third kappa shape index (κ3) is 3.00. The number of hydrogen-bond donors (Lipinski definition) is 1. The van der Waals surface area contributed by atoms with Crippen LogP contribution in [0.5, 0.6) is 5.75 Å². The van der Waals surface area contributed by atoms with Crippen molar-refractivity contribution in [1.82, 2.24) is 0 Å². The molecule has 0 saturated heterocycles. The number of rotatable bonds is 3. The summed E-state index contributed by atoms with van der Waals surface area (Å²) in [5.74, 6) is 1.60. The number of carbonyl (C=O) groups is 1. The summed E-state index contributed by atoms with van der Waals surface area (Å²) in [5.41, 5.74) is 0.0893. The normalized spacial score (nSPS) is 11.5. The minimum Gasteiger partial charge on any atom is -0.478 e. The van der Waals surface area contributed by atoms with Crippen molar-refractivity contribution in [2.24, 2.45) is 0 Å². The van der Waals surface area contributed by atoms with E-state index in [2.05, 4.69) is 21.9 Å². The van der Waals surface area contributed by atoms with Crippen LogP contribution in [0.2, 0.25) is 0 Å². The summed E-state index contributed by atoms with van der Waals surface area (Å²) in [6, 6.07) is 4.74. The first-order chi connectivity index (χ1) is 7.04. The smallest absolute Gasteiger partial charge is 0.339 e. The third-order valence-electron chi connectivity index (χ3n) is 1.71. The van der Waals surface area contributed by atoms with Gasteiger partial charge < -0.3 is 9.84 Å². The van der Waals surface area contributed by atoms with Crippen molar-refractivity contribution in [2.45, 2.75) is 13.0 Å². The van der Waals surface area contributed by atoms with Gasteiger partial charge in [-0.15, -0.1) is 6.42 Å². The van der Waals surface area contributed by atoms with E-state index in [0.29, 0.717) is 4.47 Å². The molecule has 0 aliphatic heterocycles. The standard InChI is InChI=1S/C11H9BrO3/c1-3-7(2)15-10-5-4-8(12)6-9(10)11(13)14/h1,4-7H,2H3,(H,13,14). The molecule has 4 heteroatoms. The van der Waals surface area contributed by atoms with E-state index < -0.39 is 12.1 Å². The highest BCUT2D eigenvalue weighted by molar-refractivity contribution is 9.10. The Balaban J connectivity index is 3.07. The SMILES string of the molecule is C#CC(C)Oc1ccc(Br)cc1C(=O)O. The average molecular weight is 269 g/mol. The van der Waals surface area contributed by atoms with Gasteiger partial charge >= 0.3 is 5.97 Å². The summed E-state index contributed by atoms with van der Waals surface area (Å²) in [6.45, 7) is 1.67. The van der Waals surface area contributed by atoms with E-state index in [4.69, 9.17) is 16.3 Å². The Bertz CT molecular complexity index is 420. The minimum atomic E-state index is -1.05. The lowest BCUT2D eigenvalue weighted by Gasteiger charge is -2.11. The van der Waals surface area contributed by atoms with Crippen LogP contribution in [0.3, 0.4) is 0 Å². The Morgan fingerprint density at radius 1 is 1.67 bits per heavy atom. The first kappa shape index (κ1) is 11.6. The molecule has 0 amide bonds. The van der Waals surface area contributed by atoms with Crippen LogP contribution >= 0.6 is 15.9 Å². The van der Waals surface area contributed by atoms with Gasteiger partial charge in [-0.3, -0.25) is 0 Å². The number of carboxylic acids is 1. The molecular weight excluding hydrogens is 260 g/mol. The Morgan fingerprint density at radius 3 is 2.87 bits per heavy atom. The van der Waals surface area contributed by atoms with Crippen LogP contribution in [-0.2, 0) is 0 Å². The lowest BCUT2D eigenvalue weighted by atomic mass is 10.2. The van der Waals surface area contributed by atoms with Crippen molar-refractivity contribution in [2.75, 3.05) is 0 Å². The highest BCUT2D eigenvalue weighted by Crippen LogP contribution is 2.24. The minimum absolute atomic E-state index is 0.0893. The first-order valence-electron chi connectivity index (χ1n) is 4.20. The van der Waals surface area contributed by atoms with Crippen LogP contribution in [-0.4, -0.2) is 17.2 Å². The van der Waals surface area contributed by atoms with Gasteiger partial charge in [0.15, 0.2) is 6.10 Å². The Morgan fingerprint density at radius 2 is 2.33 bits per heavy atom. The Hall–Kier alpha value is -1.47. The summed E-state index contributed by atoms with van der Waals surface area (Å²) in [7, 11) is 0. The largest absolute Gasteiger partial charge is 0.478 e. The van der Waals surface area contributed by atoms with Gasteiger partial charge in [-0.05, 0) is 25.1 Å². The summed E-state index contributed by atoms with van der Waals surface area (Å²) >= 11 is 3.19. The number of terminal acetylenes is 1. The molecule has 1 aromatic rings. The molecule has 0 aromatic heterocycles. The number of benzene rings is 1.